The van der Waals surface area contributed by atoms with Gasteiger partial charge in [-0.3, -0.25) is 9.59 Å². The summed E-state index contributed by atoms with van der Waals surface area (Å²) >= 11 is 0. The van der Waals surface area contributed by atoms with Crippen molar-refractivity contribution >= 4 is 17.5 Å². The molecule has 1 unspecified atom stereocenters. The van der Waals surface area contributed by atoms with Gasteiger partial charge in [0.05, 0.1) is 18.2 Å². The number of nitrogens with one attached hydrogen (secondary N) is 1. The zero-order valence-corrected chi connectivity index (χ0v) is 11.6. The number of halogens is 2. The minimum Gasteiger partial charge on any atom is -0.383 e. The number of anilines is 1. The minimum absolute atomic E-state index is 0.0620. The molecule has 1 N–H and O–H groups in total. The zero-order chi connectivity index (χ0) is 15.4. The van der Waals surface area contributed by atoms with Gasteiger partial charge in [0.25, 0.3) is 0 Å². The van der Waals surface area contributed by atoms with Crippen LogP contribution in [0, 0.1) is 17.6 Å². The lowest BCUT2D eigenvalue weighted by atomic mass is 10.1. The Hall–Kier alpha value is -2.02. The Morgan fingerprint density at radius 1 is 1.48 bits per heavy atom. The van der Waals surface area contributed by atoms with Crippen LogP contribution in [-0.4, -0.2) is 43.5 Å². The van der Waals surface area contributed by atoms with E-state index in [1.807, 2.05) is 0 Å². The molecular weight excluding hydrogens is 282 g/mol. The molecule has 0 radical (unpaired) electrons. The molecule has 0 aliphatic carbocycles. The number of benzene rings is 1. The molecule has 2 rings (SSSR count). The molecule has 0 saturated carbocycles. The maximum Gasteiger partial charge on any atom is 0.229 e. The average Bonchev–Trinajstić information content (AvgIpc) is 2.82. The molecule has 1 heterocycles. The molecule has 1 fully saturated rings. The van der Waals surface area contributed by atoms with Crippen molar-refractivity contribution in [1.29, 1.82) is 0 Å². The molecular formula is C14H16F2N2O3. The van der Waals surface area contributed by atoms with Crippen LogP contribution in [0.1, 0.15) is 6.42 Å². The number of methoxy groups -OCH3 is 1. The molecule has 1 saturated heterocycles. The summed E-state index contributed by atoms with van der Waals surface area (Å²) in [5.74, 6) is -2.57. The summed E-state index contributed by atoms with van der Waals surface area (Å²) in [6.07, 6.45) is 0.0620. The van der Waals surface area contributed by atoms with Crippen LogP contribution in [0.5, 0.6) is 0 Å². The van der Waals surface area contributed by atoms with Crippen LogP contribution in [-0.2, 0) is 14.3 Å². The predicted octanol–water partition coefficient (Wildman–Crippen LogP) is 1.40. The third-order valence-corrected chi connectivity index (χ3v) is 3.34. The molecule has 7 heteroatoms. The summed E-state index contributed by atoms with van der Waals surface area (Å²) < 4.78 is 31.4. The van der Waals surface area contributed by atoms with Crippen LogP contribution >= 0.6 is 0 Å². The van der Waals surface area contributed by atoms with E-state index in [1.165, 1.54) is 12.0 Å². The van der Waals surface area contributed by atoms with Crippen molar-refractivity contribution in [3.05, 3.63) is 29.8 Å². The maximum absolute atomic E-state index is 13.5. The van der Waals surface area contributed by atoms with Crippen molar-refractivity contribution < 1.29 is 23.1 Å². The van der Waals surface area contributed by atoms with Crippen molar-refractivity contribution in [3.8, 4) is 0 Å². The van der Waals surface area contributed by atoms with Crippen LogP contribution in [0.4, 0.5) is 14.5 Å². The summed E-state index contributed by atoms with van der Waals surface area (Å²) in [5, 5.41) is 2.33. The molecule has 0 bridgehead atoms. The first-order valence-electron chi connectivity index (χ1n) is 6.54. The Balaban J connectivity index is 1.98. The van der Waals surface area contributed by atoms with Gasteiger partial charge in [0, 0.05) is 32.7 Å². The summed E-state index contributed by atoms with van der Waals surface area (Å²) in [5.41, 5.74) is -0.220. The molecule has 1 aliphatic heterocycles. The Morgan fingerprint density at radius 3 is 2.95 bits per heavy atom. The monoisotopic (exact) mass is 298 g/mol. The van der Waals surface area contributed by atoms with Gasteiger partial charge >= 0.3 is 0 Å². The lowest BCUT2D eigenvalue weighted by molar-refractivity contribution is -0.128. The van der Waals surface area contributed by atoms with Crippen molar-refractivity contribution in [2.45, 2.75) is 6.42 Å². The highest BCUT2D eigenvalue weighted by atomic mass is 19.1. The number of carbonyl (C=O) groups is 2. The SMILES string of the molecule is COCCN1CC(C(=O)Nc2cc(F)ccc2F)CC1=O. The van der Waals surface area contributed by atoms with E-state index in [0.717, 1.165) is 18.2 Å². The van der Waals surface area contributed by atoms with E-state index in [-0.39, 0.29) is 24.6 Å². The van der Waals surface area contributed by atoms with Gasteiger partial charge in [0.1, 0.15) is 11.6 Å². The molecule has 2 amide bonds. The van der Waals surface area contributed by atoms with E-state index >= 15 is 0 Å². The zero-order valence-electron chi connectivity index (χ0n) is 11.6. The number of hydrogen-bond acceptors (Lipinski definition) is 3. The molecule has 1 aliphatic rings. The molecule has 114 valence electrons. The first-order chi connectivity index (χ1) is 10.0. The van der Waals surface area contributed by atoms with Crippen LogP contribution in [0.25, 0.3) is 0 Å². The molecule has 21 heavy (non-hydrogen) atoms. The van der Waals surface area contributed by atoms with Gasteiger partial charge in [0.2, 0.25) is 11.8 Å². The number of likely N-dealkylation sites (tertiary alicyclic amines) is 1. The lowest BCUT2D eigenvalue weighted by Crippen LogP contribution is -2.30. The second-order valence-corrected chi connectivity index (χ2v) is 4.85. The van der Waals surface area contributed by atoms with Gasteiger partial charge in [-0.15, -0.1) is 0 Å². The Morgan fingerprint density at radius 2 is 2.24 bits per heavy atom. The second-order valence-electron chi connectivity index (χ2n) is 4.85. The maximum atomic E-state index is 13.5. The molecule has 0 spiro atoms. The largest absolute Gasteiger partial charge is 0.383 e. The molecule has 0 aromatic heterocycles. The van der Waals surface area contributed by atoms with Gasteiger partial charge in [0.15, 0.2) is 0 Å². The van der Waals surface area contributed by atoms with Crippen molar-refractivity contribution in [3.63, 3.8) is 0 Å². The summed E-state index contributed by atoms with van der Waals surface area (Å²) in [4.78, 5) is 25.3. The van der Waals surface area contributed by atoms with Crippen LogP contribution in [0.15, 0.2) is 18.2 Å². The molecule has 1 aromatic rings. The number of carbonyl (C=O) groups excluding carboxylic acids is 2. The van der Waals surface area contributed by atoms with E-state index in [9.17, 15) is 18.4 Å². The summed E-state index contributed by atoms with van der Waals surface area (Å²) in [7, 11) is 1.53. The normalized spacial score (nSPS) is 18.1. The fraction of sp³-hybridized carbons (Fsp3) is 0.429. The quantitative estimate of drug-likeness (QED) is 0.894. The number of amides is 2. The van der Waals surface area contributed by atoms with E-state index < -0.39 is 23.5 Å². The molecule has 1 aromatic carbocycles. The van der Waals surface area contributed by atoms with E-state index in [4.69, 9.17) is 4.74 Å². The molecule has 1 atom stereocenters. The van der Waals surface area contributed by atoms with E-state index in [1.54, 1.807) is 0 Å². The number of ether oxygens (including phenoxy) is 1. The van der Waals surface area contributed by atoms with Gasteiger partial charge in [-0.25, -0.2) is 8.78 Å². The highest BCUT2D eigenvalue weighted by Gasteiger charge is 2.34. The van der Waals surface area contributed by atoms with Crippen LogP contribution in [0.3, 0.4) is 0 Å². The second kappa shape index (κ2) is 6.62. The van der Waals surface area contributed by atoms with Gasteiger partial charge in [-0.05, 0) is 12.1 Å². The number of nitrogens with zero attached hydrogens (tertiary/aromatic N) is 1. The highest BCUT2D eigenvalue weighted by molar-refractivity contribution is 5.97. The predicted molar refractivity (Wildman–Crippen MR) is 71.6 cm³/mol. The lowest BCUT2D eigenvalue weighted by Gasteiger charge is -2.16. The van der Waals surface area contributed by atoms with Crippen LogP contribution in [0.2, 0.25) is 0 Å². The number of rotatable bonds is 5. The third kappa shape index (κ3) is 3.75. The van der Waals surface area contributed by atoms with Crippen molar-refractivity contribution in [2.75, 3.05) is 32.1 Å². The summed E-state index contributed by atoms with van der Waals surface area (Å²) in [6.45, 7) is 1.05. The van der Waals surface area contributed by atoms with Gasteiger partial charge in [-0.2, -0.15) is 0 Å². The fourth-order valence-corrected chi connectivity index (χ4v) is 2.19. The van der Waals surface area contributed by atoms with Gasteiger partial charge < -0.3 is 15.0 Å². The Kier molecular flexibility index (Phi) is 4.85. The van der Waals surface area contributed by atoms with Crippen molar-refractivity contribution in [2.24, 2.45) is 5.92 Å². The first kappa shape index (κ1) is 15.4. The summed E-state index contributed by atoms with van der Waals surface area (Å²) in [6, 6.07) is 2.82. The topological polar surface area (TPSA) is 58.6 Å². The molecule has 5 nitrogen and oxygen atoms in total. The average molecular weight is 298 g/mol. The Labute approximate surface area is 120 Å². The van der Waals surface area contributed by atoms with Crippen molar-refractivity contribution in [1.82, 2.24) is 4.90 Å². The highest BCUT2D eigenvalue weighted by Crippen LogP contribution is 2.21. The fourth-order valence-electron chi connectivity index (χ4n) is 2.19. The number of hydrogen-bond donors (Lipinski definition) is 1. The van der Waals surface area contributed by atoms with E-state index in [2.05, 4.69) is 5.32 Å². The van der Waals surface area contributed by atoms with Gasteiger partial charge in [-0.1, -0.05) is 0 Å². The van der Waals surface area contributed by atoms with E-state index in [0.29, 0.717) is 13.2 Å². The van der Waals surface area contributed by atoms with Crippen LogP contribution < -0.4 is 5.32 Å². The minimum atomic E-state index is -0.717. The smallest absolute Gasteiger partial charge is 0.229 e. The third-order valence-electron chi connectivity index (χ3n) is 3.34. The Bertz CT molecular complexity index is 551. The first-order valence-corrected chi connectivity index (χ1v) is 6.54. The standard InChI is InChI=1S/C14H16F2N2O3/c1-21-5-4-18-8-9(6-13(18)19)14(20)17-12-7-10(15)2-3-11(12)16/h2-3,7,9H,4-6,8H2,1H3,(H,17,20).